The van der Waals surface area contributed by atoms with Crippen molar-refractivity contribution in [2.45, 2.75) is 44.4 Å². The van der Waals surface area contributed by atoms with Crippen molar-refractivity contribution in [3.8, 4) is 5.75 Å². The second-order valence-corrected chi connectivity index (χ2v) is 7.04. The highest BCUT2D eigenvalue weighted by atomic mass is 16.5. The molecular weight excluding hydrogens is 314 g/mol. The Morgan fingerprint density at radius 2 is 1.40 bits per heavy atom. The van der Waals surface area contributed by atoms with Crippen molar-refractivity contribution < 1.29 is 14.3 Å². The van der Waals surface area contributed by atoms with Gasteiger partial charge < -0.3 is 9.64 Å². The van der Waals surface area contributed by atoms with E-state index < -0.39 is 0 Å². The van der Waals surface area contributed by atoms with Gasteiger partial charge in [0.2, 0.25) is 0 Å². The number of nitrogens with zero attached hydrogens (tertiary/aromatic N) is 1. The molecule has 1 aliphatic heterocycles. The Morgan fingerprint density at radius 3 is 1.88 bits per heavy atom. The maximum atomic E-state index is 12.8. The summed E-state index contributed by atoms with van der Waals surface area (Å²) < 4.78 is 5.26. The number of hydrogen-bond acceptors (Lipinski definition) is 4. The lowest BCUT2D eigenvalue weighted by Gasteiger charge is -2.42. The number of carbonyl (C=O) groups is 2. The highest BCUT2D eigenvalue weighted by Crippen LogP contribution is 2.48. The first-order valence-corrected chi connectivity index (χ1v) is 9.02. The standard InChI is InChI=1S/C21H23NO3/c1-22-15-5-3-7-17(23)20(15)19(13-9-11-14(25-2)12-10-13)21-16(22)6-4-8-18(21)24/h9-12,19H,3-8H2,1-2H3. The molecule has 0 bridgehead atoms. The van der Waals surface area contributed by atoms with Crippen LogP contribution < -0.4 is 4.74 Å². The molecule has 0 fully saturated rings. The molecule has 0 N–H and O–H groups in total. The van der Waals surface area contributed by atoms with Crippen LogP contribution in [0.1, 0.15) is 50.0 Å². The number of methoxy groups -OCH3 is 1. The zero-order valence-corrected chi connectivity index (χ0v) is 14.8. The van der Waals surface area contributed by atoms with Crippen molar-refractivity contribution in [2.75, 3.05) is 14.2 Å². The van der Waals surface area contributed by atoms with Gasteiger partial charge in [-0.25, -0.2) is 0 Å². The second-order valence-electron chi connectivity index (χ2n) is 7.04. The van der Waals surface area contributed by atoms with E-state index in [1.165, 1.54) is 0 Å². The maximum Gasteiger partial charge on any atom is 0.161 e. The molecule has 0 amide bonds. The summed E-state index contributed by atoms with van der Waals surface area (Å²) >= 11 is 0. The van der Waals surface area contributed by atoms with Crippen LogP contribution in [0.15, 0.2) is 46.8 Å². The molecule has 2 aliphatic carbocycles. The highest BCUT2D eigenvalue weighted by molar-refractivity contribution is 6.06. The predicted molar refractivity (Wildman–Crippen MR) is 95.3 cm³/mol. The molecule has 130 valence electrons. The summed E-state index contributed by atoms with van der Waals surface area (Å²) in [5.41, 5.74) is 4.93. The zero-order valence-electron chi connectivity index (χ0n) is 14.8. The summed E-state index contributed by atoms with van der Waals surface area (Å²) in [7, 11) is 3.66. The quantitative estimate of drug-likeness (QED) is 0.825. The zero-order chi connectivity index (χ0) is 17.6. The van der Waals surface area contributed by atoms with Gasteiger partial charge >= 0.3 is 0 Å². The minimum atomic E-state index is -0.215. The molecule has 0 spiro atoms. The summed E-state index contributed by atoms with van der Waals surface area (Å²) in [6.07, 6.45) is 4.78. The molecule has 4 rings (SSSR count). The molecule has 0 radical (unpaired) electrons. The van der Waals surface area contributed by atoms with E-state index in [1.807, 2.05) is 31.3 Å². The van der Waals surface area contributed by atoms with Gasteiger partial charge in [0.15, 0.2) is 11.6 Å². The summed E-state index contributed by atoms with van der Waals surface area (Å²) in [5, 5.41) is 0. The Hall–Kier alpha value is -2.36. The Balaban J connectivity index is 1.91. The first kappa shape index (κ1) is 16.1. The molecule has 0 saturated heterocycles. The number of ether oxygens (including phenoxy) is 1. The van der Waals surface area contributed by atoms with Gasteiger partial charge in [-0.15, -0.1) is 0 Å². The minimum Gasteiger partial charge on any atom is -0.497 e. The molecule has 4 heteroatoms. The first-order chi connectivity index (χ1) is 12.1. The second kappa shape index (κ2) is 6.17. The molecule has 3 aliphatic rings. The average molecular weight is 337 g/mol. The normalized spacial score (nSPS) is 21.4. The summed E-state index contributed by atoms with van der Waals surface area (Å²) in [6, 6.07) is 7.81. The van der Waals surface area contributed by atoms with Crippen LogP contribution in [0, 0.1) is 0 Å². The monoisotopic (exact) mass is 337 g/mol. The molecule has 4 nitrogen and oxygen atoms in total. The number of carbonyl (C=O) groups excluding carboxylic acids is 2. The molecule has 25 heavy (non-hydrogen) atoms. The average Bonchev–Trinajstić information content (AvgIpc) is 2.64. The van der Waals surface area contributed by atoms with Crippen LogP contribution in [0.3, 0.4) is 0 Å². The van der Waals surface area contributed by atoms with Crippen LogP contribution in [-0.4, -0.2) is 30.6 Å². The molecule has 0 unspecified atom stereocenters. The van der Waals surface area contributed by atoms with E-state index in [-0.39, 0.29) is 17.5 Å². The third kappa shape index (κ3) is 2.51. The van der Waals surface area contributed by atoms with Crippen LogP contribution in [0.5, 0.6) is 5.75 Å². The molecular formula is C21H23NO3. The number of allylic oxidation sites excluding steroid dienone is 4. The Bertz CT molecular complexity index is 757. The van der Waals surface area contributed by atoms with Crippen molar-refractivity contribution in [3.05, 3.63) is 52.4 Å². The van der Waals surface area contributed by atoms with Gasteiger partial charge in [0, 0.05) is 48.3 Å². The van der Waals surface area contributed by atoms with E-state index in [4.69, 9.17) is 4.74 Å². The van der Waals surface area contributed by atoms with E-state index in [2.05, 4.69) is 4.90 Å². The molecule has 1 heterocycles. The number of ketones is 2. The van der Waals surface area contributed by atoms with Gasteiger partial charge in [0.05, 0.1) is 7.11 Å². The van der Waals surface area contributed by atoms with Crippen molar-refractivity contribution in [1.82, 2.24) is 4.90 Å². The summed E-state index contributed by atoms with van der Waals surface area (Å²) in [6.45, 7) is 0. The van der Waals surface area contributed by atoms with Gasteiger partial charge in [-0.2, -0.15) is 0 Å². The topological polar surface area (TPSA) is 46.6 Å². The number of benzene rings is 1. The van der Waals surface area contributed by atoms with Gasteiger partial charge in [0.25, 0.3) is 0 Å². The largest absolute Gasteiger partial charge is 0.497 e. The van der Waals surface area contributed by atoms with Gasteiger partial charge in [-0.3, -0.25) is 9.59 Å². The van der Waals surface area contributed by atoms with Crippen molar-refractivity contribution in [2.24, 2.45) is 0 Å². The van der Waals surface area contributed by atoms with Gasteiger partial charge in [-0.1, -0.05) is 12.1 Å². The number of rotatable bonds is 2. The number of hydrogen-bond donors (Lipinski definition) is 0. The Morgan fingerprint density at radius 1 is 0.880 bits per heavy atom. The first-order valence-electron chi connectivity index (χ1n) is 9.02. The molecule has 1 aromatic rings. The minimum absolute atomic E-state index is 0.193. The molecule has 0 atom stereocenters. The lowest BCUT2D eigenvalue weighted by Crippen LogP contribution is -2.37. The molecule has 0 aromatic heterocycles. The van der Waals surface area contributed by atoms with Gasteiger partial charge in [0.1, 0.15) is 5.75 Å². The van der Waals surface area contributed by atoms with E-state index in [1.54, 1.807) is 7.11 Å². The highest BCUT2D eigenvalue weighted by Gasteiger charge is 2.42. The van der Waals surface area contributed by atoms with E-state index in [9.17, 15) is 9.59 Å². The fraction of sp³-hybridized carbons (Fsp3) is 0.429. The van der Waals surface area contributed by atoms with Crippen molar-refractivity contribution >= 4 is 11.6 Å². The fourth-order valence-corrected chi connectivity index (χ4v) is 4.48. The van der Waals surface area contributed by atoms with Crippen LogP contribution >= 0.6 is 0 Å². The maximum absolute atomic E-state index is 12.8. The smallest absolute Gasteiger partial charge is 0.161 e. The lowest BCUT2D eigenvalue weighted by atomic mass is 9.71. The molecule has 1 aromatic carbocycles. The van der Waals surface area contributed by atoms with Crippen LogP contribution in [-0.2, 0) is 9.59 Å². The Labute approximate surface area is 148 Å². The van der Waals surface area contributed by atoms with Crippen LogP contribution in [0.2, 0.25) is 0 Å². The Kier molecular flexibility index (Phi) is 3.98. The van der Waals surface area contributed by atoms with E-state index in [0.717, 1.165) is 59.5 Å². The van der Waals surface area contributed by atoms with E-state index >= 15 is 0 Å². The lowest BCUT2D eigenvalue weighted by molar-refractivity contribution is -0.117. The predicted octanol–water partition coefficient (Wildman–Crippen LogP) is 3.74. The van der Waals surface area contributed by atoms with Crippen LogP contribution in [0.4, 0.5) is 0 Å². The number of Topliss-reactive ketones (excluding diaryl/α,β-unsaturated/α-hetero) is 2. The van der Waals surface area contributed by atoms with Crippen molar-refractivity contribution in [3.63, 3.8) is 0 Å². The van der Waals surface area contributed by atoms with Crippen molar-refractivity contribution in [1.29, 1.82) is 0 Å². The SMILES string of the molecule is COc1ccc(C2C3=C(CCCC3=O)N(C)C3=C2C(=O)CCC3)cc1. The third-order valence-corrected chi connectivity index (χ3v) is 5.69. The summed E-state index contributed by atoms with van der Waals surface area (Å²) in [4.78, 5) is 27.8. The molecule has 0 saturated carbocycles. The fourth-order valence-electron chi connectivity index (χ4n) is 4.48. The van der Waals surface area contributed by atoms with Crippen LogP contribution in [0.25, 0.3) is 0 Å². The van der Waals surface area contributed by atoms with Gasteiger partial charge in [-0.05, 0) is 43.4 Å². The summed E-state index contributed by atoms with van der Waals surface area (Å²) in [5.74, 6) is 0.954. The third-order valence-electron chi connectivity index (χ3n) is 5.69. The van der Waals surface area contributed by atoms with E-state index in [0.29, 0.717) is 12.8 Å².